The normalized spacial score (nSPS) is 15.6. The van der Waals surface area contributed by atoms with Crippen LogP contribution in [0.25, 0.3) is 10.9 Å². The summed E-state index contributed by atoms with van der Waals surface area (Å²) in [5.41, 5.74) is 1.74. The topological polar surface area (TPSA) is 65.2 Å². The number of benzene rings is 2. The SMILES string of the molecule is O=S(=O)(c1ccc(N2CCNCC2)cc1Cl)c1c[nH]c2ccccc12. The number of para-hydroxylation sites is 1. The summed E-state index contributed by atoms with van der Waals surface area (Å²) in [5.74, 6) is 0. The van der Waals surface area contributed by atoms with Crippen molar-refractivity contribution >= 4 is 38.0 Å². The summed E-state index contributed by atoms with van der Waals surface area (Å²) in [6, 6.07) is 12.5. The molecule has 0 spiro atoms. The Hall–Kier alpha value is -2.02. The van der Waals surface area contributed by atoms with Gasteiger partial charge in [0.2, 0.25) is 9.84 Å². The fraction of sp³-hybridized carbons (Fsp3) is 0.222. The predicted molar refractivity (Wildman–Crippen MR) is 100 cm³/mol. The van der Waals surface area contributed by atoms with Crippen LogP contribution in [0, 0.1) is 0 Å². The Bertz CT molecular complexity index is 1020. The number of rotatable bonds is 3. The lowest BCUT2D eigenvalue weighted by atomic mass is 10.2. The lowest BCUT2D eigenvalue weighted by Gasteiger charge is -2.29. The Morgan fingerprint density at radius 2 is 1.76 bits per heavy atom. The van der Waals surface area contributed by atoms with Gasteiger partial charge >= 0.3 is 0 Å². The van der Waals surface area contributed by atoms with Crippen molar-refractivity contribution in [3.05, 3.63) is 53.7 Å². The summed E-state index contributed by atoms with van der Waals surface area (Å²) in [6.07, 6.45) is 1.53. The number of aromatic amines is 1. The average Bonchev–Trinajstić information content (AvgIpc) is 3.07. The van der Waals surface area contributed by atoms with Gasteiger partial charge in [0.1, 0.15) is 0 Å². The molecular weight excluding hydrogens is 358 g/mol. The Balaban J connectivity index is 1.75. The molecule has 0 unspecified atom stereocenters. The van der Waals surface area contributed by atoms with Gasteiger partial charge in [0, 0.05) is 49.0 Å². The minimum Gasteiger partial charge on any atom is -0.369 e. The van der Waals surface area contributed by atoms with Crippen molar-refractivity contribution in [2.45, 2.75) is 9.79 Å². The van der Waals surface area contributed by atoms with Crippen LogP contribution < -0.4 is 10.2 Å². The number of aromatic nitrogens is 1. The van der Waals surface area contributed by atoms with Crippen LogP contribution >= 0.6 is 11.6 Å². The van der Waals surface area contributed by atoms with Gasteiger partial charge in [-0.05, 0) is 24.3 Å². The molecule has 1 aliphatic heterocycles. The molecule has 0 saturated carbocycles. The third-order valence-electron chi connectivity index (χ3n) is 4.53. The van der Waals surface area contributed by atoms with E-state index in [-0.39, 0.29) is 14.8 Å². The van der Waals surface area contributed by atoms with Gasteiger partial charge in [-0.15, -0.1) is 0 Å². The first-order valence-corrected chi connectivity index (χ1v) is 10.00. The maximum absolute atomic E-state index is 13.1. The number of hydrogen-bond acceptors (Lipinski definition) is 4. The third kappa shape index (κ3) is 2.90. The molecule has 4 rings (SSSR count). The van der Waals surface area contributed by atoms with Gasteiger partial charge in [-0.3, -0.25) is 0 Å². The zero-order chi connectivity index (χ0) is 17.4. The highest BCUT2D eigenvalue weighted by atomic mass is 35.5. The molecule has 5 nitrogen and oxygen atoms in total. The summed E-state index contributed by atoms with van der Waals surface area (Å²) < 4.78 is 26.2. The summed E-state index contributed by atoms with van der Waals surface area (Å²) in [6.45, 7) is 3.58. The molecular formula is C18H18ClN3O2S. The zero-order valence-electron chi connectivity index (χ0n) is 13.5. The first-order chi connectivity index (χ1) is 12.1. The fourth-order valence-electron chi connectivity index (χ4n) is 3.21. The van der Waals surface area contributed by atoms with E-state index in [1.54, 1.807) is 18.2 Å². The van der Waals surface area contributed by atoms with Gasteiger partial charge in [-0.25, -0.2) is 8.42 Å². The average molecular weight is 376 g/mol. The van der Waals surface area contributed by atoms with E-state index in [4.69, 9.17) is 11.6 Å². The van der Waals surface area contributed by atoms with Gasteiger partial charge < -0.3 is 15.2 Å². The van der Waals surface area contributed by atoms with Crippen LogP contribution in [0.15, 0.2) is 58.5 Å². The lowest BCUT2D eigenvalue weighted by molar-refractivity contribution is 0.588. The quantitative estimate of drug-likeness (QED) is 0.738. The number of H-pyrrole nitrogens is 1. The molecule has 1 aliphatic rings. The highest BCUT2D eigenvalue weighted by Gasteiger charge is 2.25. The summed E-state index contributed by atoms with van der Waals surface area (Å²) in [4.78, 5) is 5.59. The Labute approximate surface area is 151 Å². The number of nitrogens with zero attached hydrogens (tertiary/aromatic N) is 1. The van der Waals surface area contributed by atoms with Crippen LogP contribution in [0.5, 0.6) is 0 Å². The number of anilines is 1. The first-order valence-electron chi connectivity index (χ1n) is 8.14. The first kappa shape index (κ1) is 16.4. The van der Waals surface area contributed by atoms with Gasteiger partial charge in [0.05, 0.1) is 14.8 Å². The molecule has 0 amide bonds. The van der Waals surface area contributed by atoms with Crippen molar-refractivity contribution in [3.63, 3.8) is 0 Å². The Morgan fingerprint density at radius 3 is 2.52 bits per heavy atom. The van der Waals surface area contributed by atoms with Crippen LogP contribution in [0.4, 0.5) is 5.69 Å². The number of nitrogens with one attached hydrogen (secondary N) is 2. The van der Waals surface area contributed by atoms with E-state index in [0.29, 0.717) is 5.39 Å². The number of halogens is 1. The van der Waals surface area contributed by atoms with Gasteiger partial charge in [-0.1, -0.05) is 29.8 Å². The molecule has 1 fully saturated rings. The molecule has 2 N–H and O–H groups in total. The molecule has 1 aromatic heterocycles. The van der Waals surface area contributed by atoms with E-state index in [9.17, 15) is 8.42 Å². The monoisotopic (exact) mass is 375 g/mol. The second-order valence-corrected chi connectivity index (χ2v) is 8.35. The zero-order valence-corrected chi connectivity index (χ0v) is 15.1. The highest BCUT2D eigenvalue weighted by Crippen LogP contribution is 2.34. The largest absolute Gasteiger partial charge is 0.369 e. The molecule has 0 aliphatic carbocycles. The summed E-state index contributed by atoms with van der Waals surface area (Å²) in [7, 11) is -3.69. The van der Waals surface area contributed by atoms with Crippen LogP contribution in [-0.2, 0) is 9.84 Å². The minimum absolute atomic E-state index is 0.137. The fourth-order valence-corrected chi connectivity index (χ4v) is 5.17. The van der Waals surface area contributed by atoms with Crippen molar-refractivity contribution in [3.8, 4) is 0 Å². The van der Waals surface area contributed by atoms with Crippen molar-refractivity contribution in [1.29, 1.82) is 0 Å². The molecule has 2 heterocycles. The summed E-state index contributed by atoms with van der Waals surface area (Å²) >= 11 is 6.37. The Morgan fingerprint density at radius 1 is 1.00 bits per heavy atom. The maximum Gasteiger partial charge on any atom is 0.210 e. The highest BCUT2D eigenvalue weighted by molar-refractivity contribution is 7.91. The van der Waals surface area contributed by atoms with Crippen molar-refractivity contribution in [2.24, 2.45) is 0 Å². The molecule has 25 heavy (non-hydrogen) atoms. The minimum atomic E-state index is -3.69. The van der Waals surface area contributed by atoms with E-state index >= 15 is 0 Å². The van der Waals surface area contributed by atoms with E-state index in [0.717, 1.165) is 37.4 Å². The summed E-state index contributed by atoms with van der Waals surface area (Å²) in [5, 5.41) is 4.22. The van der Waals surface area contributed by atoms with E-state index in [1.165, 1.54) is 6.20 Å². The third-order valence-corrected chi connectivity index (χ3v) is 6.80. The number of sulfone groups is 1. The van der Waals surface area contributed by atoms with Crippen LogP contribution in [0.2, 0.25) is 5.02 Å². The molecule has 3 aromatic rings. The van der Waals surface area contributed by atoms with E-state index in [1.807, 2.05) is 24.3 Å². The molecule has 7 heteroatoms. The van der Waals surface area contributed by atoms with E-state index in [2.05, 4.69) is 15.2 Å². The maximum atomic E-state index is 13.1. The number of fused-ring (bicyclic) bond motifs is 1. The van der Waals surface area contributed by atoms with Gasteiger partial charge in [0.25, 0.3) is 0 Å². The second kappa shape index (κ2) is 6.37. The van der Waals surface area contributed by atoms with Crippen LogP contribution in [-0.4, -0.2) is 39.6 Å². The van der Waals surface area contributed by atoms with E-state index < -0.39 is 9.84 Å². The van der Waals surface area contributed by atoms with Gasteiger partial charge in [-0.2, -0.15) is 0 Å². The van der Waals surface area contributed by atoms with Crippen LogP contribution in [0.3, 0.4) is 0 Å². The number of piperazine rings is 1. The van der Waals surface area contributed by atoms with Crippen LogP contribution in [0.1, 0.15) is 0 Å². The standard InChI is InChI=1S/C18H18ClN3O2S/c19-15-11-13(22-9-7-20-8-10-22)5-6-17(15)25(23,24)18-12-21-16-4-2-1-3-14(16)18/h1-6,11-12,20-21H,7-10H2. The molecule has 2 aromatic carbocycles. The molecule has 0 bridgehead atoms. The Kier molecular flexibility index (Phi) is 4.19. The smallest absolute Gasteiger partial charge is 0.210 e. The van der Waals surface area contributed by atoms with Crippen molar-refractivity contribution in [2.75, 3.05) is 31.1 Å². The van der Waals surface area contributed by atoms with Crippen molar-refractivity contribution < 1.29 is 8.42 Å². The second-order valence-electron chi connectivity index (χ2n) is 6.05. The lowest BCUT2D eigenvalue weighted by Crippen LogP contribution is -2.43. The van der Waals surface area contributed by atoms with Gasteiger partial charge in [0.15, 0.2) is 0 Å². The molecule has 1 saturated heterocycles. The molecule has 130 valence electrons. The van der Waals surface area contributed by atoms with Crippen molar-refractivity contribution in [1.82, 2.24) is 10.3 Å². The molecule has 0 atom stereocenters. The number of hydrogen-bond donors (Lipinski definition) is 2. The predicted octanol–water partition coefficient (Wildman–Crippen LogP) is 3.06. The molecule has 0 radical (unpaired) electrons.